The van der Waals surface area contributed by atoms with Crippen molar-refractivity contribution < 1.29 is 33.2 Å². The van der Waals surface area contributed by atoms with E-state index < -0.39 is 34.8 Å². The first-order valence-electron chi connectivity index (χ1n) is 9.97. The standard InChI is InChI=1S/C17H12FNO4S.C7H8N2O2/c1-19-14-6-5-11(17(21)22)9-13(14)16(20)15(24(19)23)8-10-3-2-4-12(18)7-10;1-11-6-3-2-5(4-9-6)7(8)10/h2-9H,1H3,(H,21,22);2-4H,1H3,(H2,8,10)/b15-8-;. The highest BCUT2D eigenvalue weighted by Crippen LogP contribution is 2.35. The number of pyridine rings is 1. The first-order chi connectivity index (χ1) is 16.6. The maximum Gasteiger partial charge on any atom is 0.335 e. The summed E-state index contributed by atoms with van der Waals surface area (Å²) in [5, 5.41) is 9.08. The molecule has 0 radical (unpaired) electrons. The number of rotatable bonds is 4. The number of hydrogen-bond acceptors (Lipinski definition) is 7. The van der Waals surface area contributed by atoms with Crippen LogP contribution in [0, 0.1) is 5.82 Å². The Labute approximate surface area is 203 Å². The highest BCUT2D eigenvalue weighted by Gasteiger charge is 2.38. The summed E-state index contributed by atoms with van der Waals surface area (Å²) in [5.41, 5.74) is 6.27. The molecule has 0 fully saturated rings. The Kier molecular flexibility index (Phi) is 7.84. The summed E-state index contributed by atoms with van der Waals surface area (Å²) in [5.74, 6) is -2.18. The summed E-state index contributed by atoms with van der Waals surface area (Å²) in [6.07, 6.45) is 2.73. The van der Waals surface area contributed by atoms with E-state index >= 15 is 0 Å². The van der Waals surface area contributed by atoms with Crippen molar-refractivity contribution in [1.82, 2.24) is 4.98 Å². The van der Waals surface area contributed by atoms with Crippen LogP contribution in [0.5, 0.6) is 5.88 Å². The lowest BCUT2D eigenvalue weighted by molar-refractivity contribution is 0.0696. The maximum atomic E-state index is 13.3. The molecule has 180 valence electrons. The Hall–Kier alpha value is -4.22. The first-order valence-corrected chi connectivity index (χ1v) is 11.1. The quantitative estimate of drug-likeness (QED) is 0.413. The van der Waals surface area contributed by atoms with E-state index in [1.807, 2.05) is 0 Å². The summed E-state index contributed by atoms with van der Waals surface area (Å²) < 4.78 is 32.0. The van der Waals surface area contributed by atoms with Crippen LogP contribution in [0.1, 0.15) is 36.6 Å². The van der Waals surface area contributed by atoms with Gasteiger partial charge in [-0.15, -0.1) is 0 Å². The third-order valence-corrected chi connectivity index (χ3v) is 6.24. The molecule has 9 nitrogen and oxygen atoms in total. The summed E-state index contributed by atoms with van der Waals surface area (Å²) in [4.78, 5) is 38.1. The van der Waals surface area contributed by atoms with Crippen LogP contribution in [0.4, 0.5) is 10.1 Å². The number of carboxylic acid groups (broad SMARTS) is 1. The number of hydrogen-bond donors (Lipinski definition) is 2. The van der Waals surface area contributed by atoms with E-state index in [1.54, 1.807) is 25.2 Å². The fourth-order valence-electron chi connectivity index (χ4n) is 3.08. The van der Waals surface area contributed by atoms with Crippen molar-refractivity contribution in [2.24, 2.45) is 5.73 Å². The van der Waals surface area contributed by atoms with Crippen molar-refractivity contribution in [2.45, 2.75) is 0 Å². The largest absolute Gasteiger partial charge is 0.588 e. The predicted molar refractivity (Wildman–Crippen MR) is 128 cm³/mol. The fraction of sp³-hybridized carbons (Fsp3) is 0.0833. The molecule has 4 rings (SSSR count). The number of carboxylic acids is 1. The van der Waals surface area contributed by atoms with Crippen LogP contribution in [0.15, 0.2) is 65.7 Å². The van der Waals surface area contributed by atoms with Gasteiger partial charge in [-0.25, -0.2) is 14.2 Å². The molecule has 11 heteroatoms. The van der Waals surface area contributed by atoms with E-state index in [-0.39, 0.29) is 16.0 Å². The van der Waals surface area contributed by atoms with E-state index in [4.69, 9.17) is 15.6 Å². The molecule has 1 atom stereocenters. The lowest BCUT2D eigenvalue weighted by Gasteiger charge is -2.29. The van der Waals surface area contributed by atoms with E-state index in [0.717, 1.165) is 0 Å². The Bertz CT molecular complexity index is 1310. The second kappa shape index (κ2) is 10.8. The molecule has 0 bridgehead atoms. The van der Waals surface area contributed by atoms with Crippen molar-refractivity contribution in [3.05, 3.63) is 93.8 Å². The lowest BCUT2D eigenvalue weighted by atomic mass is 10.0. The van der Waals surface area contributed by atoms with Gasteiger partial charge in [-0.1, -0.05) is 12.1 Å². The van der Waals surface area contributed by atoms with Crippen molar-refractivity contribution in [1.29, 1.82) is 0 Å². The van der Waals surface area contributed by atoms with Gasteiger partial charge in [-0.3, -0.25) is 9.59 Å². The van der Waals surface area contributed by atoms with E-state index in [2.05, 4.69) is 4.98 Å². The Morgan fingerprint density at radius 2 is 1.89 bits per heavy atom. The molecule has 0 saturated carbocycles. The molecule has 2 aromatic carbocycles. The molecule has 0 spiro atoms. The molecule has 1 amide bonds. The first kappa shape index (κ1) is 25.4. The molecule has 1 unspecified atom stereocenters. The monoisotopic (exact) mass is 497 g/mol. The Balaban J connectivity index is 0.000000261. The van der Waals surface area contributed by atoms with Crippen molar-refractivity contribution >= 4 is 40.8 Å². The zero-order valence-corrected chi connectivity index (χ0v) is 19.4. The molecule has 1 aliphatic heterocycles. The topological polar surface area (TPSA) is 146 Å². The number of nitrogens with zero attached hydrogens (tertiary/aromatic N) is 2. The smallest absolute Gasteiger partial charge is 0.335 e. The van der Waals surface area contributed by atoms with Crippen LogP contribution in [-0.4, -0.2) is 46.5 Å². The number of aromatic carboxylic acids is 1. The van der Waals surface area contributed by atoms with Gasteiger partial charge in [0.15, 0.2) is 0 Å². The molecule has 0 saturated heterocycles. The normalized spacial score (nSPS) is 15.7. The number of methoxy groups -OCH3 is 1. The number of primary amides is 1. The van der Waals surface area contributed by atoms with Crippen molar-refractivity contribution in [2.75, 3.05) is 18.5 Å². The van der Waals surface area contributed by atoms with Crippen molar-refractivity contribution in [3.63, 3.8) is 0 Å². The molecule has 35 heavy (non-hydrogen) atoms. The van der Waals surface area contributed by atoms with E-state index in [9.17, 15) is 23.3 Å². The van der Waals surface area contributed by atoms with Gasteiger partial charge in [-0.2, -0.15) is 4.31 Å². The summed E-state index contributed by atoms with van der Waals surface area (Å²) in [7, 11) is 3.05. The van der Waals surface area contributed by atoms with Gasteiger partial charge in [0, 0.05) is 18.3 Å². The number of anilines is 1. The maximum absolute atomic E-state index is 13.3. The van der Waals surface area contributed by atoms with Gasteiger partial charge in [0.25, 0.3) is 0 Å². The average Bonchev–Trinajstić information content (AvgIpc) is 2.85. The number of benzene rings is 2. The minimum absolute atomic E-state index is 0.0295. The molecular formula is C24H20FN3O6S. The van der Waals surface area contributed by atoms with E-state index in [0.29, 0.717) is 22.7 Å². The van der Waals surface area contributed by atoms with E-state index in [1.165, 1.54) is 60.1 Å². The number of Topliss-reactive ketones (excluding diaryl/α,β-unsaturated/α-hetero) is 1. The molecule has 3 aromatic rings. The van der Waals surface area contributed by atoms with Crippen LogP contribution in [0.2, 0.25) is 0 Å². The van der Waals surface area contributed by atoms with Crippen LogP contribution < -0.4 is 14.8 Å². The molecule has 0 aliphatic carbocycles. The Morgan fingerprint density at radius 3 is 2.46 bits per heavy atom. The number of carbonyl (C=O) groups is 3. The summed E-state index contributed by atoms with van der Waals surface area (Å²) in [6.45, 7) is 0. The third kappa shape index (κ3) is 5.83. The third-order valence-electron chi connectivity index (χ3n) is 4.86. The zero-order valence-electron chi connectivity index (χ0n) is 18.6. The summed E-state index contributed by atoms with van der Waals surface area (Å²) >= 11 is -1.76. The lowest BCUT2D eigenvalue weighted by Crippen LogP contribution is -2.36. The number of ether oxygens (including phenoxy) is 1. The van der Waals surface area contributed by atoms with Crippen molar-refractivity contribution in [3.8, 4) is 5.88 Å². The molecule has 2 heterocycles. The Morgan fingerprint density at radius 1 is 1.17 bits per heavy atom. The number of allylic oxidation sites excluding steroid dienone is 1. The average molecular weight is 498 g/mol. The van der Waals surface area contributed by atoms with Gasteiger partial charge < -0.3 is 20.1 Å². The van der Waals surface area contributed by atoms with Gasteiger partial charge in [0.2, 0.25) is 22.5 Å². The van der Waals surface area contributed by atoms with Crippen LogP contribution in [0.25, 0.3) is 6.08 Å². The highest BCUT2D eigenvalue weighted by atomic mass is 32.2. The number of nitrogens with two attached hydrogens (primary N) is 1. The molecule has 1 aliphatic rings. The number of aromatic nitrogens is 1. The predicted octanol–water partition coefficient (Wildman–Crippen LogP) is 3.05. The number of halogens is 1. The minimum atomic E-state index is -1.76. The highest BCUT2D eigenvalue weighted by molar-refractivity contribution is 7.97. The van der Waals surface area contributed by atoms with Gasteiger partial charge in [-0.05, 0) is 42.0 Å². The van der Waals surface area contributed by atoms with Crippen LogP contribution >= 0.6 is 0 Å². The fourth-order valence-corrected chi connectivity index (χ4v) is 4.22. The van der Waals surface area contributed by atoms with Crippen LogP contribution in [-0.2, 0) is 11.4 Å². The number of ketones is 1. The van der Waals surface area contributed by atoms with Gasteiger partial charge in [0.05, 0.1) is 36.5 Å². The second-order valence-electron chi connectivity index (χ2n) is 7.13. The molecule has 1 aromatic heterocycles. The minimum Gasteiger partial charge on any atom is -0.588 e. The van der Waals surface area contributed by atoms with Gasteiger partial charge in [0.1, 0.15) is 17.2 Å². The zero-order chi connectivity index (χ0) is 25.7. The number of amides is 1. The molecular weight excluding hydrogens is 477 g/mol. The summed E-state index contributed by atoms with van der Waals surface area (Å²) in [6, 6.07) is 12.8. The van der Waals surface area contributed by atoms with Crippen LogP contribution in [0.3, 0.4) is 0 Å². The number of carbonyl (C=O) groups excluding carboxylic acids is 2. The SMILES string of the molecule is CN1c2ccc(C(=O)O)cc2C(=O)/C(=C/c2cccc(F)c2)[S+]1[O-].COc1ccc(C(N)=O)cn1. The molecule has 3 N–H and O–H groups in total. The second-order valence-corrected chi connectivity index (χ2v) is 8.62. The van der Waals surface area contributed by atoms with Gasteiger partial charge >= 0.3 is 5.97 Å². The number of fused-ring (bicyclic) bond motifs is 1.